The summed E-state index contributed by atoms with van der Waals surface area (Å²) >= 11 is -3.11. The van der Waals surface area contributed by atoms with Crippen LogP contribution in [0.2, 0.25) is 0 Å². The Morgan fingerprint density at radius 1 is 1.42 bits per heavy atom. The number of rotatable bonds is 1. The molecule has 0 aliphatic rings. The maximum Gasteiger partial charge on any atom is 1.00 e. The molecule has 0 aliphatic heterocycles. The molecule has 0 aromatic rings. The molecule has 0 saturated carbocycles. The maximum atomic E-state index is 9.82. The molecule has 0 aliphatic carbocycles. The van der Waals surface area contributed by atoms with Crippen LogP contribution in [0.3, 0.4) is 0 Å². The van der Waals surface area contributed by atoms with Crippen LogP contribution in [0, 0.1) is 0 Å². The minimum Gasteiger partial charge on any atom is -0.784 e. The third-order valence-electron chi connectivity index (χ3n) is 0.348. The van der Waals surface area contributed by atoms with Gasteiger partial charge in [0.1, 0.15) is 0 Å². The predicted octanol–water partition coefficient (Wildman–Crippen LogP) is -6.43. The molecule has 0 saturated heterocycles. The van der Waals surface area contributed by atoms with Gasteiger partial charge in [-0.1, -0.05) is 0 Å². The Kier molecular flexibility index (Phi) is 35.8. The molecule has 62 valence electrons. The fourth-order valence-corrected chi connectivity index (χ4v) is 0.203. The zero-order valence-corrected chi connectivity index (χ0v) is 12.5. The van der Waals surface area contributed by atoms with Crippen LogP contribution in [0.5, 0.6) is 0 Å². The fourth-order valence-electron chi connectivity index (χ4n) is 0.203. The first kappa shape index (κ1) is 23.4. The number of hydrogen-bond donors (Lipinski definition) is 0. The van der Waals surface area contributed by atoms with Crippen LogP contribution >= 0.6 is 0 Å². The first-order valence-electron chi connectivity index (χ1n) is 2.40. The van der Waals surface area contributed by atoms with Gasteiger partial charge in [0.15, 0.2) is 0 Å². The van der Waals surface area contributed by atoms with Crippen molar-refractivity contribution in [2.75, 3.05) is 6.61 Å². The zero-order chi connectivity index (χ0) is 8.57. The topological polar surface area (TPSA) is 89.5 Å². The van der Waals surface area contributed by atoms with E-state index in [1.807, 2.05) is 0 Å². The second-order valence-corrected chi connectivity index (χ2v) is 1.54. The minimum absolute atomic E-state index is 0. The summed E-state index contributed by atoms with van der Waals surface area (Å²) in [6.07, 6.45) is 0. The normalized spacial score (nSPS) is 6.75. The molecule has 8 heteroatoms. The van der Waals surface area contributed by atoms with Crippen molar-refractivity contribution in [3.8, 4) is 0 Å². The Morgan fingerprint density at radius 3 is 1.67 bits per heavy atom. The van der Waals surface area contributed by atoms with E-state index >= 15 is 0 Å². The minimum atomic E-state index is -3.11. The van der Waals surface area contributed by atoms with E-state index < -0.39 is 11.4 Å². The largest absolute Gasteiger partial charge is 1.00 e. The van der Waals surface area contributed by atoms with Crippen molar-refractivity contribution in [2.45, 2.75) is 13.8 Å². The van der Waals surface area contributed by atoms with Gasteiger partial charge in [0.25, 0.3) is 0 Å². The second kappa shape index (κ2) is 18.3. The van der Waals surface area contributed by atoms with Crippen molar-refractivity contribution in [1.29, 1.82) is 0 Å². The molecule has 12 heavy (non-hydrogen) atoms. The monoisotopic (exact) mass is 214 g/mol. The molecule has 0 aromatic carbocycles. The van der Waals surface area contributed by atoms with Crippen LogP contribution in [-0.2, 0) is 20.9 Å². The Labute approximate surface area is 118 Å². The van der Waals surface area contributed by atoms with Gasteiger partial charge in [0.2, 0.25) is 0 Å². The van der Waals surface area contributed by atoms with E-state index in [0.717, 1.165) is 0 Å². The summed E-state index contributed by atoms with van der Waals surface area (Å²) in [6.45, 7) is 3.65. The first-order chi connectivity index (χ1) is 4.50. The van der Waals surface area contributed by atoms with Gasteiger partial charge in [-0.3, -0.25) is 9.00 Å². The molecule has 0 spiro atoms. The van der Waals surface area contributed by atoms with Gasteiger partial charge in [-0.05, 0) is 6.92 Å². The van der Waals surface area contributed by atoms with Crippen LogP contribution in [0.25, 0.3) is 0 Å². The van der Waals surface area contributed by atoms with Gasteiger partial charge < -0.3 is 13.8 Å². The van der Waals surface area contributed by atoms with Crippen molar-refractivity contribution in [2.24, 2.45) is 0 Å². The smallest absolute Gasteiger partial charge is 0.784 e. The van der Waals surface area contributed by atoms with E-state index in [9.17, 15) is 4.79 Å². The number of esters is 1. The number of ether oxygens (including phenoxy) is 1. The van der Waals surface area contributed by atoms with Crippen molar-refractivity contribution >= 4 is 17.3 Å². The zero-order valence-electron chi connectivity index (χ0n) is 7.66. The second-order valence-electron chi connectivity index (χ2n) is 1.13. The van der Waals surface area contributed by atoms with E-state index in [0.29, 0.717) is 6.61 Å². The molecule has 0 fully saturated rings. The summed E-state index contributed by atoms with van der Waals surface area (Å²) < 4.78 is 29.7. The molecule has 0 rings (SSSR count). The molecule has 0 unspecified atom stereocenters. The molecule has 0 radical (unpaired) electrons. The van der Waals surface area contributed by atoms with E-state index in [1.54, 1.807) is 6.92 Å². The van der Waals surface area contributed by atoms with Gasteiger partial charge in [0.05, 0.1) is 6.61 Å². The average molecular weight is 214 g/mol. The van der Waals surface area contributed by atoms with E-state index in [1.165, 1.54) is 6.92 Å². The SMILES string of the molecule is CCOC(C)=O.O=S([O-])[O-].[Na+].[Na+]. The Morgan fingerprint density at radius 2 is 1.67 bits per heavy atom. The van der Waals surface area contributed by atoms with Crippen LogP contribution in [0.4, 0.5) is 0 Å². The summed E-state index contributed by atoms with van der Waals surface area (Å²) in [6, 6.07) is 0. The standard InChI is InChI=1S/C4H8O2.2Na.H2O3S/c1-3-6-4(2)5;;;1-4(2)3/h3H2,1-2H3;;;(H2,1,2,3)/q;2*+1;/p-2. The quantitative estimate of drug-likeness (QED) is 0.246. The molecule has 5 nitrogen and oxygen atoms in total. The van der Waals surface area contributed by atoms with Crippen LogP contribution < -0.4 is 59.1 Å². The van der Waals surface area contributed by atoms with Gasteiger partial charge >= 0.3 is 65.1 Å². The van der Waals surface area contributed by atoms with E-state index in [2.05, 4.69) is 4.74 Å². The molecule has 0 atom stereocenters. The third kappa shape index (κ3) is 62.2. The summed E-state index contributed by atoms with van der Waals surface area (Å²) in [4.78, 5) is 9.82. The Bertz CT molecular complexity index is 116. The maximum absolute atomic E-state index is 9.82. The molecule has 0 N–H and O–H groups in total. The van der Waals surface area contributed by atoms with Crippen molar-refractivity contribution < 1.29 is 82.0 Å². The van der Waals surface area contributed by atoms with Crippen LogP contribution in [0.15, 0.2) is 0 Å². The predicted molar refractivity (Wildman–Crippen MR) is 32.0 cm³/mol. The first-order valence-corrected chi connectivity index (χ1v) is 3.40. The molecular formula is C4H8Na2O5S. The summed E-state index contributed by atoms with van der Waals surface area (Å²) in [5.41, 5.74) is 0. The Balaban J connectivity index is -0.0000000483. The molecule has 0 amide bonds. The molecule has 0 bridgehead atoms. The number of carbonyl (C=O) groups excluding carboxylic acids is 1. The van der Waals surface area contributed by atoms with Gasteiger partial charge in [-0.15, -0.1) is 11.4 Å². The molecule has 0 aromatic heterocycles. The van der Waals surface area contributed by atoms with Gasteiger partial charge in [0, 0.05) is 6.92 Å². The van der Waals surface area contributed by atoms with Crippen molar-refractivity contribution in [3.05, 3.63) is 0 Å². The number of hydrogen-bond acceptors (Lipinski definition) is 5. The Hall–Kier alpha value is 1.54. The van der Waals surface area contributed by atoms with Crippen molar-refractivity contribution in [3.63, 3.8) is 0 Å². The number of carbonyl (C=O) groups is 1. The van der Waals surface area contributed by atoms with Gasteiger partial charge in [-0.2, -0.15) is 0 Å². The van der Waals surface area contributed by atoms with Crippen LogP contribution in [0.1, 0.15) is 13.8 Å². The summed E-state index contributed by atoms with van der Waals surface area (Å²) in [5, 5.41) is 0. The van der Waals surface area contributed by atoms with Crippen LogP contribution in [-0.4, -0.2) is 25.9 Å². The fraction of sp³-hybridized carbons (Fsp3) is 0.750. The van der Waals surface area contributed by atoms with E-state index in [4.69, 9.17) is 13.3 Å². The molecule has 0 heterocycles. The van der Waals surface area contributed by atoms with Gasteiger partial charge in [-0.25, -0.2) is 0 Å². The third-order valence-corrected chi connectivity index (χ3v) is 0.348. The van der Waals surface area contributed by atoms with E-state index in [-0.39, 0.29) is 65.1 Å². The average Bonchev–Trinajstić information content (AvgIpc) is 1.62. The summed E-state index contributed by atoms with van der Waals surface area (Å²) in [7, 11) is 0. The van der Waals surface area contributed by atoms with Crippen molar-refractivity contribution in [1.82, 2.24) is 0 Å². The molecular weight excluding hydrogens is 206 g/mol. The summed E-state index contributed by atoms with van der Waals surface area (Å²) in [5.74, 6) is -0.211.